The molecular weight excluding hydrogens is 182 g/mol. The minimum absolute atomic E-state index is 0.0453. The maximum atomic E-state index is 11.4. The first-order chi connectivity index (χ1) is 6.65. The van der Waals surface area contributed by atoms with Gasteiger partial charge in [0.05, 0.1) is 5.92 Å². The second-order valence-electron chi connectivity index (χ2n) is 3.79. The monoisotopic (exact) mass is 199 g/mol. The fourth-order valence-electron chi connectivity index (χ4n) is 1.32. The molecule has 14 heavy (non-hydrogen) atoms. The number of hydrogen-bond donors (Lipinski definition) is 3. The van der Waals surface area contributed by atoms with Crippen LogP contribution in [0.4, 0.5) is 0 Å². The Bertz CT molecular complexity index is 236. The maximum absolute atomic E-state index is 11.4. The number of oxime groups is 1. The Balaban J connectivity index is 2.26. The SMILES string of the molecule is CC(C(=O)NCC1CCC1)C(N)=NO. The van der Waals surface area contributed by atoms with Crippen LogP contribution < -0.4 is 11.1 Å². The topological polar surface area (TPSA) is 87.7 Å². The molecule has 0 radical (unpaired) electrons. The van der Waals surface area contributed by atoms with Gasteiger partial charge in [-0.25, -0.2) is 0 Å². The van der Waals surface area contributed by atoms with Crippen LogP contribution in [0.1, 0.15) is 26.2 Å². The van der Waals surface area contributed by atoms with Gasteiger partial charge in [-0.05, 0) is 25.7 Å². The number of carbonyl (C=O) groups is 1. The molecule has 0 aromatic carbocycles. The van der Waals surface area contributed by atoms with Crippen molar-refractivity contribution in [2.24, 2.45) is 22.7 Å². The Morgan fingerprint density at radius 3 is 2.79 bits per heavy atom. The van der Waals surface area contributed by atoms with E-state index in [0.29, 0.717) is 12.5 Å². The maximum Gasteiger partial charge on any atom is 0.230 e. The summed E-state index contributed by atoms with van der Waals surface area (Å²) in [4.78, 5) is 11.4. The normalized spacial score (nSPS) is 19.9. The molecule has 1 amide bonds. The smallest absolute Gasteiger partial charge is 0.230 e. The number of rotatable bonds is 4. The van der Waals surface area contributed by atoms with Crippen LogP contribution in [-0.4, -0.2) is 23.5 Å². The van der Waals surface area contributed by atoms with Gasteiger partial charge >= 0.3 is 0 Å². The molecule has 1 atom stereocenters. The molecule has 1 unspecified atom stereocenters. The molecule has 0 bridgehead atoms. The minimum atomic E-state index is -0.555. The fraction of sp³-hybridized carbons (Fsp3) is 0.778. The van der Waals surface area contributed by atoms with E-state index in [0.717, 1.165) is 0 Å². The third kappa shape index (κ3) is 2.61. The van der Waals surface area contributed by atoms with Crippen molar-refractivity contribution in [1.29, 1.82) is 0 Å². The van der Waals surface area contributed by atoms with Crippen molar-refractivity contribution in [3.63, 3.8) is 0 Å². The first kappa shape index (κ1) is 10.8. The summed E-state index contributed by atoms with van der Waals surface area (Å²) >= 11 is 0. The molecule has 4 N–H and O–H groups in total. The molecule has 0 aromatic rings. The molecule has 0 spiro atoms. The fourth-order valence-corrected chi connectivity index (χ4v) is 1.32. The van der Waals surface area contributed by atoms with E-state index in [-0.39, 0.29) is 11.7 Å². The van der Waals surface area contributed by atoms with Gasteiger partial charge in [-0.1, -0.05) is 11.6 Å². The lowest BCUT2D eigenvalue weighted by atomic mass is 9.85. The second-order valence-corrected chi connectivity index (χ2v) is 3.79. The highest BCUT2D eigenvalue weighted by atomic mass is 16.4. The summed E-state index contributed by atoms with van der Waals surface area (Å²) in [5, 5.41) is 14.0. The van der Waals surface area contributed by atoms with Gasteiger partial charge in [0.1, 0.15) is 0 Å². The van der Waals surface area contributed by atoms with Crippen LogP contribution in [0, 0.1) is 11.8 Å². The van der Waals surface area contributed by atoms with Gasteiger partial charge in [0.25, 0.3) is 0 Å². The first-order valence-corrected chi connectivity index (χ1v) is 4.90. The summed E-state index contributed by atoms with van der Waals surface area (Å²) in [6, 6.07) is 0. The van der Waals surface area contributed by atoms with Gasteiger partial charge in [-0.3, -0.25) is 4.79 Å². The van der Waals surface area contributed by atoms with Gasteiger partial charge in [0.15, 0.2) is 5.84 Å². The highest BCUT2D eigenvalue weighted by Gasteiger charge is 2.21. The molecule has 1 aliphatic carbocycles. The van der Waals surface area contributed by atoms with Crippen LogP contribution in [0.25, 0.3) is 0 Å². The second kappa shape index (κ2) is 4.83. The number of amides is 1. The van der Waals surface area contributed by atoms with Crippen LogP contribution in [-0.2, 0) is 4.79 Å². The summed E-state index contributed by atoms with van der Waals surface area (Å²) in [5.41, 5.74) is 5.31. The van der Waals surface area contributed by atoms with E-state index in [4.69, 9.17) is 10.9 Å². The molecule has 1 rings (SSSR count). The number of nitrogens with two attached hydrogens (primary N) is 1. The van der Waals surface area contributed by atoms with Crippen molar-refractivity contribution in [3.8, 4) is 0 Å². The zero-order chi connectivity index (χ0) is 10.6. The molecule has 0 aliphatic heterocycles. The molecule has 1 saturated carbocycles. The summed E-state index contributed by atoms with van der Waals surface area (Å²) in [6.07, 6.45) is 3.65. The van der Waals surface area contributed by atoms with Crippen LogP contribution >= 0.6 is 0 Å². The Labute approximate surface area is 83.3 Å². The summed E-state index contributed by atoms with van der Waals surface area (Å²) in [5.74, 6) is -0.151. The van der Waals surface area contributed by atoms with Gasteiger partial charge in [0.2, 0.25) is 5.91 Å². The number of carbonyl (C=O) groups excluding carboxylic acids is 1. The molecule has 0 heterocycles. The van der Waals surface area contributed by atoms with E-state index in [1.54, 1.807) is 6.92 Å². The predicted molar refractivity (Wildman–Crippen MR) is 52.9 cm³/mol. The van der Waals surface area contributed by atoms with Crippen molar-refractivity contribution >= 4 is 11.7 Å². The third-order valence-electron chi connectivity index (χ3n) is 2.74. The molecule has 80 valence electrons. The zero-order valence-electron chi connectivity index (χ0n) is 8.36. The van der Waals surface area contributed by atoms with Crippen LogP contribution in [0.15, 0.2) is 5.16 Å². The predicted octanol–water partition coefficient (Wildman–Crippen LogP) is 0.285. The van der Waals surface area contributed by atoms with Crippen molar-refractivity contribution in [3.05, 3.63) is 0 Å². The van der Waals surface area contributed by atoms with Gasteiger partial charge < -0.3 is 16.3 Å². The van der Waals surface area contributed by atoms with Crippen molar-refractivity contribution in [1.82, 2.24) is 5.32 Å². The lowest BCUT2D eigenvalue weighted by Gasteiger charge is -2.25. The Kier molecular flexibility index (Phi) is 3.73. The van der Waals surface area contributed by atoms with E-state index in [2.05, 4.69) is 10.5 Å². The lowest BCUT2D eigenvalue weighted by Crippen LogP contribution is -2.40. The van der Waals surface area contributed by atoms with Crippen molar-refractivity contribution in [2.45, 2.75) is 26.2 Å². The summed E-state index contributed by atoms with van der Waals surface area (Å²) < 4.78 is 0. The molecular formula is C9H17N3O2. The molecule has 5 nitrogen and oxygen atoms in total. The Morgan fingerprint density at radius 2 is 2.36 bits per heavy atom. The summed E-state index contributed by atoms with van der Waals surface area (Å²) in [6.45, 7) is 2.33. The highest BCUT2D eigenvalue weighted by Crippen LogP contribution is 2.25. The average Bonchev–Trinajstić information content (AvgIpc) is 2.12. The largest absolute Gasteiger partial charge is 0.409 e. The standard InChI is InChI=1S/C9H17N3O2/c1-6(8(10)12-14)9(13)11-5-7-3-2-4-7/h6-7,14H,2-5H2,1H3,(H2,10,12)(H,11,13). The third-order valence-corrected chi connectivity index (χ3v) is 2.74. The molecule has 0 aromatic heterocycles. The Morgan fingerprint density at radius 1 is 1.71 bits per heavy atom. The molecule has 0 saturated heterocycles. The number of hydrogen-bond acceptors (Lipinski definition) is 3. The molecule has 1 fully saturated rings. The Hall–Kier alpha value is -1.26. The van der Waals surface area contributed by atoms with Crippen LogP contribution in [0.2, 0.25) is 0 Å². The number of nitrogens with one attached hydrogen (secondary N) is 1. The van der Waals surface area contributed by atoms with Crippen molar-refractivity contribution in [2.75, 3.05) is 6.54 Å². The van der Waals surface area contributed by atoms with E-state index in [9.17, 15) is 4.79 Å². The van der Waals surface area contributed by atoms with Gasteiger partial charge in [-0.15, -0.1) is 0 Å². The van der Waals surface area contributed by atoms with Gasteiger partial charge in [-0.2, -0.15) is 0 Å². The van der Waals surface area contributed by atoms with E-state index in [1.165, 1.54) is 19.3 Å². The minimum Gasteiger partial charge on any atom is -0.409 e. The molecule has 5 heteroatoms. The van der Waals surface area contributed by atoms with Crippen molar-refractivity contribution < 1.29 is 10.0 Å². The van der Waals surface area contributed by atoms with E-state index in [1.807, 2.05) is 0 Å². The van der Waals surface area contributed by atoms with Crippen LogP contribution in [0.5, 0.6) is 0 Å². The highest BCUT2D eigenvalue weighted by molar-refractivity contribution is 6.01. The summed E-state index contributed by atoms with van der Waals surface area (Å²) in [7, 11) is 0. The van der Waals surface area contributed by atoms with E-state index < -0.39 is 5.92 Å². The number of nitrogens with zero attached hydrogens (tertiary/aromatic N) is 1. The van der Waals surface area contributed by atoms with E-state index >= 15 is 0 Å². The first-order valence-electron chi connectivity index (χ1n) is 4.90. The number of amidine groups is 1. The van der Waals surface area contributed by atoms with Crippen LogP contribution in [0.3, 0.4) is 0 Å². The molecule has 1 aliphatic rings. The van der Waals surface area contributed by atoms with Gasteiger partial charge in [0, 0.05) is 6.54 Å². The lowest BCUT2D eigenvalue weighted by molar-refractivity contribution is -0.123. The zero-order valence-corrected chi connectivity index (χ0v) is 8.36. The average molecular weight is 199 g/mol. The quantitative estimate of drug-likeness (QED) is 0.263.